The molecule has 1 aliphatic carbocycles. The first-order chi connectivity index (χ1) is 11.1. The van der Waals surface area contributed by atoms with E-state index in [-0.39, 0.29) is 0 Å². The number of rotatable bonds is 5. The average molecular weight is 332 g/mol. The Bertz CT molecular complexity index is 621. The van der Waals surface area contributed by atoms with Crippen LogP contribution in [0, 0.1) is 0 Å². The monoisotopic (exact) mass is 331 g/mol. The van der Waals surface area contributed by atoms with Gasteiger partial charge in [0.2, 0.25) is 0 Å². The summed E-state index contributed by atoms with van der Waals surface area (Å²) < 4.78 is 5.94. The van der Waals surface area contributed by atoms with Gasteiger partial charge in [0.25, 0.3) is 0 Å². The lowest BCUT2D eigenvalue weighted by molar-refractivity contribution is 0.146. The van der Waals surface area contributed by atoms with Crippen LogP contribution in [0.5, 0.6) is 5.75 Å². The summed E-state index contributed by atoms with van der Waals surface area (Å²) in [5, 5.41) is 11.1. The van der Waals surface area contributed by atoms with E-state index in [4.69, 9.17) is 22.1 Å². The summed E-state index contributed by atoms with van der Waals surface area (Å²) in [5.41, 5.74) is 7.80. The van der Waals surface area contributed by atoms with Crippen LogP contribution >= 0.6 is 11.6 Å². The van der Waals surface area contributed by atoms with Gasteiger partial charge >= 0.3 is 0 Å². The highest BCUT2D eigenvalue weighted by molar-refractivity contribution is 6.30. The van der Waals surface area contributed by atoms with E-state index in [1.165, 1.54) is 12.8 Å². The Labute approximate surface area is 142 Å². The Morgan fingerprint density at radius 2 is 1.52 bits per heavy atom. The molecule has 2 atom stereocenters. The van der Waals surface area contributed by atoms with E-state index in [0.29, 0.717) is 11.1 Å². The first kappa shape index (κ1) is 16.3. The topological polar surface area (TPSA) is 55.5 Å². The van der Waals surface area contributed by atoms with E-state index in [9.17, 15) is 5.11 Å². The summed E-state index contributed by atoms with van der Waals surface area (Å²) in [4.78, 5) is 0. The molecular formula is C19H22ClNO2. The summed E-state index contributed by atoms with van der Waals surface area (Å²) in [5.74, 6) is 0.855. The smallest absolute Gasteiger partial charge is 0.119 e. The summed E-state index contributed by atoms with van der Waals surface area (Å²) in [6.45, 7) is 0. The van der Waals surface area contributed by atoms with Gasteiger partial charge in [-0.1, -0.05) is 35.9 Å². The third-order valence-electron chi connectivity index (χ3n) is 4.42. The maximum atomic E-state index is 10.5. The number of aliphatic hydroxyl groups excluding tert-OH is 1. The third-order valence-corrected chi connectivity index (χ3v) is 4.67. The molecule has 23 heavy (non-hydrogen) atoms. The fraction of sp³-hybridized carbons (Fsp3) is 0.368. The predicted molar refractivity (Wildman–Crippen MR) is 92.7 cm³/mol. The van der Waals surface area contributed by atoms with E-state index in [2.05, 4.69) is 0 Å². The van der Waals surface area contributed by atoms with Gasteiger partial charge in [0.1, 0.15) is 5.75 Å². The standard InChI is InChI=1S/C19H22ClNO2/c20-15-9-5-13(6-10-15)18(21)19(22)14-7-11-17(12-8-14)23-16-3-1-2-4-16/h5-12,16,18-19,22H,1-4,21H2/t18-,19+/m0/s1. The maximum absolute atomic E-state index is 10.5. The van der Waals surface area contributed by atoms with Crippen LogP contribution in [-0.2, 0) is 0 Å². The van der Waals surface area contributed by atoms with Gasteiger partial charge in [-0.15, -0.1) is 0 Å². The Kier molecular flexibility index (Phi) is 5.21. The Morgan fingerprint density at radius 3 is 2.13 bits per heavy atom. The van der Waals surface area contributed by atoms with Gasteiger partial charge in [0, 0.05) is 5.02 Å². The molecule has 0 radical (unpaired) electrons. The molecule has 0 amide bonds. The number of aliphatic hydroxyl groups is 1. The third kappa shape index (κ3) is 4.05. The van der Waals surface area contributed by atoms with Crippen LogP contribution in [0.25, 0.3) is 0 Å². The number of halogens is 1. The zero-order valence-electron chi connectivity index (χ0n) is 13.0. The summed E-state index contributed by atoms with van der Waals surface area (Å²) >= 11 is 5.88. The Hall–Kier alpha value is -1.55. The zero-order valence-corrected chi connectivity index (χ0v) is 13.7. The van der Waals surface area contributed by atoms with Crippen molar-refractivity contribution in [3.63, 3.8) is 0 Å². The van der Waals surface area contributed by atoms with Crippen molar-refractivity contribution in [2.24, 2.45) is 5.73 Å². The fourth-order valence-corrected chi connectivity index (χ4v) is 3.14. The van der Waals surface area contributed by atoms with Crippen molar-refractivity contribution in [3.8, 4) is 5.75 Å². The molecule has 0 unspecified atom stereocenters. The van der Waals surface area contributed by atoms with Gasteiger partial charge in [0.15, 0.2) is 0 Å². The fourth-order valence-electron chi connectivity index (χ4n) is 3.02. The molecule has 1 saturated carbocycles. The first-order valence-electron chi connectivity index (χ1n) is 8.09. The lowest BCUT2D eigenvalue weighted by Gasteiger charge is -2.20. The molecule has 2 aromatic rings. The number of ether oxygens (including phenoxy) is 1. The van der Waals surface area contributed by atoms with Gasteiger partial charge in [-0.05, 0) is 61.1 Å². The largest absolute Gasteiger partial charge is 0.490 e. The molecule has 0 spiro atoms. The van der Waals surface area contributed by atoms with Crippen LogP contribution in [0.15, 0.2) is 48.5 Å². The second kappa shape index (κ2) is 7.35. The van der Waals surface area contributed by atoms with Crippen molar-refractivity contribution in [1.29, 1.82) is 0 Å². The lowest BCUT2D eigenvalue weighted by atomic mass is 9.96. The molecule has 0 saturated heterocycles. The van der Waals surface area contributed by atoms with Crippen LogP contribution < -0.4 is 10.5 Å². The SMILES string of the molecule is N[C@@H](c1ccc(Cl)cc1)[C@H](O)c1ccc(OC2CCCC2)cc1. The van der Waals surface area contributed by atoms with Gasteiger partial charge in [-0.3, -0.25) is 0 Å². The normalized spacial score (nSPS) is 17.9. The number of hydrogen-bond donors (Lipinski definition) is 2. The van der Waals surface area contributed by atoms with Gasteiger partial charge in [0.05, 0.1) is 18.2 Å². The van der Waals surface area contributed by atoms with Crippen LogP contribution in [0.4, 0.5) is 0 Å². The molecule has 0 aromatic heterocycles. The van der Waals surface area contributed by atoms with Gasteiger partial charge in [-0.2, -0.15) is 0 Å². The molecule has 1 aliphatic rings. The van der Waals surface area contributed by atoms with Crippen molar-refractivity contribution >= 4 is 11.6 Å². The molecule has 3 rings (SSSR count). The van der Waals surface area contributed by atoms with E-state index < -0.39 is 12.1 Å². The Morgan fingerprint density at radius 1 is 0.957 bits per heavy atom. The molecule has 0 aliphatic heterocycles. The quantitative estimate of drug-likeness (QED) is 0.854. The van der Waals surface area contributed by atoms with Gasteiger partial charge < -0.3 is 15.6 Å². The van der Waals surface area contributed by atoms with Crippen molar-refractivity contribution in [2.75, 3.05) is 0 Å². The predicted octanol–water partition coefficient (Wildman–Crippen LogP) is 4.39. The molecule has 0 bridgehead atoms. The van der Waals surface area contributed by atoms with Crippen molar-refractivity contribution < 1.29 is 9.84 Å². The molecule has 3 nitrogen and oxygen atoms in total. The number of hydrogen-bond acceptors (Lipinski definition) is 3. The maximum Gasteiger partial charge on any atom is 0.119 e. The molecule has 1 fully saturated rings. The van der Waals surface area contributed by atoms with Crippen LogP contribution in [0.3, 0.4) is 0 Å². The van der Waals surface area contributed by atoms with Crippen LogP contribution in [0.2, 0.25) is 5.02 Å². The molecule has 3 N–H and O–H groups in total. The Balaban J connectivity index is 1.66. The highest BCUT2D eigenvalue weighted by Gasteiger charge is 2.20. The minimum Gasteiger partial charge on any atom is -0.490 e. The molecule has 4 heteroatoms. The highest BCUT2D eigenvalue weighted by atomic mass is 35.5. The number of nitrogens with two attached hydrogens (primary N) is 1. The summed E-state index contributed by atoms with van der Waals surface area (Å²) in [7, 11) is 0. The lowest BCUT2D eigenvalue weighted by Crippen LogP contribution is -2.19. The summed E-state index contributed by atoms with van der Waals surface area (Å²) in [6, 6.07) is 14.3. The molecular weight excluding hydrogens is 310 g/mol. The second-order valence-electron chi connectivity index (χ2n) is 6.12. The van der Waals surface area contributed by atoms with E-state index in [1.807, 2.05) is 36.4 Å². The number of benzene rings is 2. The van der Waals surface area contributed by atoms with Crippen molar-refractivity contribution in [2.45, 2.75) is 43.9 Å². The molecule has 2 aromatic carbocycles. The molecule has 122 valence electrons. The van der Waals surface area contributed by atoms with Crippen LogP contribution in [0.1, 0.15) is 49.0 Å². The summed E-state index contributed by atoms with van der Waals surface area (Å²) in [6.07, 6.45) is 4.32. The van der Waals surface area contributed by atoms with E-state index in [0.717, 1.165) is 29.7 Å². The minimum atomic E-state index is -0.767. The average Bonchev–Trinajstić information content (AvgIpc) is 3.08. The van der Waals surface area contributed by atoms with E-state index >= 15 is 0 Å². The van der Waals surface area contributed by atoms with Gasteiger partial charge in [-0.25, -0.2) is 0 Å². The van der Waals surface area contributed by atoms with E-state index in [1.54, 1.807) is 12.1 Å². The highest BCUT2D eigenvalue weighted by Crippen LogP contribution is 2.30. The first-order valence-corrected chi connectivity index (χ1v) is 8.47. The van der Waals surface area contributed by atoms with Crippen molar-refractivity contribution in [3.05, 3.63) is 64.7 Å². The molecule has 0 heterocycles. The minimum absolute atomic E-state index is 0.335. The van der Waals surface area contributed by atoms with Crippen LogP contribution in [-0.4, -0.2) is 11.2 Å². The second-order valence-corrected chi connectivity index (χ2v) is 6.55. The van der Waals surface area contributed by atoms with Crippen molar-refractivity contribution in [1.82, 2.24) is 0 Å². The zero-order chi connectivity index (χ0) is 16.2.